The third-order valence-corrected chi connectivity index (χ3v) is 6.35. The highest BCUT2D eigenvalue weighted by Crippen LogP contribution is 2.31. The standard InChI is InChI=1S/C24H21N3O4/c1-26(13-14-10-15-4-2-3-5-16(15)11-14)17-6-7-18-19(12-17)24(31)27(23(18)30)20-8-9-21(28)25-22(20)29/h2-7,12-14,20H,8-11H2,1H3/p+1/b26-13+. The fourth-order valence-corrected chi connectivity index (χ4v) is 4.78. The van der Waals surface area contributed by atoms with Crippen molar-refractivity contribution >= 4 is 35.5 Å². The van der Waals surface area contributed by atoms with E-state index in [1.165, 1.54) is 11.1 Å². The first-order valence-corrected chi connectivity index (χ1v) is 10.4. The van der Waals surface area contributed by atoms with Crippen LogP contribution in [0.1, 0.15) is 44.7 Å². The maximum Gasteiger partial charge on any atom is 0.262 e. The predicted molar refractivity (Wildman–Crippen MR) is 112 cm³/mol. The Morgan fingerprint density at radius 2 is 1.65 bits per heavy atom. The van der Waals surface area contributed by atoms with Crippen LogP contribution in [0.5, 0.6) is 0 Å². The molecule has 1 unspecified atom stereocenters. The minimum atomic E-state index is -0.949. The summed E-state index contributed by atoms with van der Waals surface area (Å²) in [6.45, 7) is 0. The fraction of sp³-hybridized carbons (Fsp3) is 0.292. The Morgan fingerprint density at radius 1 is 0.968 bits per heavy atom. The Hall–Kier alpha value is -3.61. The zero-order valence-corrected chi connectivity index (χ0v) is 17.1. The molecule has 2 heterocycles. The van der Waals surface area contributed by atoms with Crippen molar-refractivity contribution < 1.29 is 23.8 Å². The molecule has 1 aliphatic carbocycles. The van der Waals surface area contributed by atoms with E-state index in [4.69, 9.17) is 0 Å². The van der Waals surface area contributed by atoms with Crippen molar-refractivity contribution in [1.29, 1.82) is 0 Å². The summed E-state index contributed by atoms with van der Waals surface area (Å²) in [7, 11) is 1.93. The van der Waals surface area contributed by atoms with Gasteiger partial charge in [-0.25, -0.2) is 4.58 Å². The Balaban J connectivity index is 1.39. The van der Waals surface area contributed by atoms with Crippen LogP contribution in [0.2, 0.25) is 0 Å². The summed E-state index contributed by atoms with van der Waals surface area (Å²) in [5.41, 5.74) is 4.13. The first-order chi connectivity index (χ1) is 14.9. The molecule has 0 radical (unpaired) electrons. The summed E-state index contributed by atoms with van der Waals surface area (Å²) >= 11 is 0. The second kappa shape index (κ2) is 7.27. The summed E-state index contributed by atoms with van der Waals surface area (Å²) in [4.78, 5) is 50.5. The van der Waals surface area contributed by atoms with E-state index in [-0.39, 0.29) is 18.7 Å². The molecule has 2 aromatic carbocycles. The van der Waals surface area contributed by atoms with E-state index in [0.29, 0.717) is 17.0 Å². The number of nitrogens with one attached hydrogen (secondary N) is 1. The highest BCUT2D eigenvalue weighted by molar-refractivity contribution is 6.23. The molecule has 3 aliphatic rings. The first-order valence-electron chi connectivity index (χ1n) is 10.4. The number of fused-ring (bicyclic) bond motifs is 2. The van der Waals surface area contributed by atoms with E-state index in [9.17, 15) is 19.2 Å². The van der Waals surface area contributed by atoms with Gasteiger partial charge >= 0.3 is 0 Å². The van der Waals surface area contributed by atoms with Gasteiger partial charge in [0.25, 0.3) is 11.8 Å². The van der Waals surface area contributed by atoms with Crippen molar-refractivity contribution in [2.24, 2.45) is 5.92 Å². The Labute approximate surface area is 179 Å². The molecule has 156 valence electrons. The minimum absolute atomic E-state index is 0.108. The number of hydrogen-bond donors (Lipinski definition) is 1. The Morgan fingerprint density at radius 3 is 2.32 bits per heavy atom. The zero-order valence-electron chi connectivity index (χ0n) is 17.1. The highest BCUT2D eigenvalue weighted by Gasteiger charge is 2.45. The molecule has 0 spiro atoms. The van der Waals surface area contributed by atoms with Gasteiger partial charge in [-0.2, -0.15) is 0 Å². The molecule has 2 aromatic rings. The monoisotopic (exact) mass is 416 g/mol. The number of rotatable bonds is 3. The van der Waals surface area contributed by atoms with E-state index < -0.39 is 23.8 Å². The number of piperidine rings is 1. The van der Waals surface area contributed by atoms with Gasteiger partial charge in [0.1, 0.15) is 19.3 Å². The van der Waals surface area contributed by atoms with Crippen LogP contribution < -0.4 is 5.32 Å². The van der Waals surface area contributed by atoms with E-state index in [0.717, 1.165) is 23.4 Å². The quantitative estimate of drug-likeness (QED) is 0.470. The molecule has 31 heavy (non-hydrogen) atoms. The van der Waals surface area contributed by atoms with Gasteiger partial charge in [-0.15, -0.1) is 0 Å². The van der Waals surface area contributed by atoms with Crippen molar-refractivity contribution in [3.05, 3.63) is 64.7 Å². The Bertz CT molecular complexity index is 1160. The molecule has 2 aliphatic heterocycles. The van der Waals surface area contributed by atoms with Gasteiger partial charge in [-0.05, 0) is 36.5 Å². The average Bonchev–Trinajstić information content (AvgIpc) is 3.26. The van der Waals surface area contributed by atoms with Gasteiger partial charge in [0, 0.05) is 24.5 Å². The molecule has 5 rings (SSSR count). The Kier molecular flexibility index (Phi) is 4.54. The molecule has 1 fully saturated rings. The lowest BCUT2D eigenvalue weighted by molar-refractivity contribution is -0.402. The molecular formula is C24H22N3O4+. The fourth-order valence-electron chi connectivity index (χ4n) is 4.78. The van der Waals surface area contributed by atoms with Crippen molar-refractivity contribution in [3.8, 4) is 0 Å². The lowest BCUT2D eigenvalue weighted by atomic mass is 10.0. The SMILES string of the molecule is C/[N+](=C\C1Cc2ccccc2C1)c1ccc2c(c1)C(=O)N(C1CCC(=O)NC1=O)C2=O. The molecule has 1 atom stereocenters. The summed E-state index contributed by atoms with van der Waals surface area (Å²) in [5.74, 6) is -1.59. The molecule has 1 N–H and O–H groups in total. The zero-order chi connectivity index (χ0) is 21.7. The molecule has 0 aromatic heterocycles. The van der Waals surface area contributed by atoms with Crippen LogP contribution in [-0.2, 0) is 22.4 Å². The van der Waals surface area contributed by atoms with E-state index in [1.54, 1.807) is 12.1 Å². The van der Waals surface area contributed by atoms with Gasteiger partial charge in [0.15, 0.2) is 0 Å². The molecule has 4 amide bonds. The van der Waals surface area contributed by atoms with Crippen molar-refractivity contribution in [2.45, 2.75) is 31.7 Å². The van der Waals surface area contributed by atoms with Crippen LogP contribution in [0.3, 0.4) is 0 Å². The largest absolute Gasteiger partial charge is 0.295 e. The number of benzene rings is 2. The summed E-state index contributed by atoms with van der Waals surface area (Å²) < 4.78 is 1.99. The number of nitrogens with zero attached hydrogens (tertiary/aromatic N) is 2. The van der Waals surface area contributed by atoms with Crippen LogP contribution >= 0.6 is 0 Å². The third kappa shape index (κ3) is 3.26. The number of amides is 4. The van der Waals surface area contributed by atoms with Gasteiger partial charge in [0.2, 0.25) is 17.5 Å². The number of imide groups is 2. The molecule has 7 heteroatoms. The maximum atomic E-state index is 13.0. The van der Waals surface area contributed by atoms with E-state index in [2.05, 4.69) is 35.8 Å². The van der Waals surface area contributed by atoms with E-state index in [1.807, 2.05) is 17.7 Å². The lowest BCUT2D eigenvalue weighted by Gasteiger charge is -2.27. The number of hydrogen-bond acceptors (Lipinski definition) is 4. The third-order valence-electron chi connectivity index (χ3n) is 6.35. The van der Waals surface area contributed by atoms with Crippen LogP contribution in [0, 0.1) is 5.92 Å². The minimum Gasteiger partial charge on any atom is -0.295 e. The molecule has 0 bridgehead atoms. The summed E-state index contributed by atoms with van der Waals surface area (Å²) in [5, 5.41) is 2.21. The summed E-state index contributed by atoms with van der Waals surface area (Å²) in [6.07, 6.45) is 4.37. The van der Waals surface area contributed by atoms with Gasteiger partial charge in [-0.3, -0.25) is 29.4 Å². The number of carbonyl (C=O) groups excluding carboxylic acids is 4. The molecule has 7 nitrogen and oxygen atoms in total. The van der Waals surface area contributed by atoms with Crippen LogP contribution in [0.4, 0.5) is 5.69 Å². The number of carbonyl (C=O) groups is 4. The molecule has 0 saturated carbocycles. The molecular weight excluding hydrogens is 394 g/mol. The highest BCUT2D eigenvalue weighted by atomic mass is 16.2. The maximum absolute atomic E-state index is 13.0. The van der Waals surface area contributed by atoms with Gasteiger partial charge in [-0.1, -0.05) is 24.3 Å². The smallest absolute Gasteiger partial charge is 0.262 e. The average molecular weight is 416 g/mol. The van der Waals surface area contributed by atoms with Crippen LogP contribution in [0.25, 0.3) is 0 Å². The summed E-state index contributed by atoms with van der Waals surface area (Å²) in [6, 6.07) is 12.7. The second-order valence-corrected chi connectivity index (χ2v) is 8.37. The second-order valence-electron chi connectivity index (χ2n) is 8.37. The lowest BCUT2D eigenvalue weighted by Crippen LogP contribution is -2.54. The van der Waals surface area contributed by atoms with E-state index >= 15 is 0 Å². The van der Waals surface area contributed by atoms with Gasteiger partial charge in [0.05, 0.1) is 11.1 Å². The van der Waals surface area contributed by atoms with Crippen molar-refractivity contribution in [2.75, 3.05) is 7.05 Å². The normalized spacial score (nSPS) is 21.4. The first kappa shape index (κ1) is 19.4. The predicted octanol–water partition coefficient (Wildman–Crippen LogP) is 1.85. The van der Waals surface area contributed by atoms with Gasteiger partial charge < -0.3 is 0 Å². The molecule has 1 saturated heterocycles. The van der Waals surface area contributed by atoms with Crippen LogP contribution in [0.15, 0.2) is 42.5 Å². The topological polar surface area (TPSA) is 86.6 Å². The van der Waals surface area contributed by atoms with Crippen molar-refractivity contribution in [1.82, 2.24) is 10.2 Å². The van der Waals surface area contributed by atoms with Crippen molar-refractivity contribution in [3.63, 3.8) is 0 Å². The van der Waals surface area contributed by atoms with Crippen LogP contribution in [-0.4, -0.2) is 52.4 Å².